The van der Waals surface area contributed by atoms with Crippen LogP contribution in [0.5, 0.6) is 5.75 Å². The van der Waals surface area contributed by atoms with Crippen molar-refractivity contribution in [3.8, 4) is 5.75 Å². The normalized spacial score (nSPS) is 17.4. The highest BCUT2D eigenvalue weighted by Crippen LogP contribution is 2.38. The number of alkyl halides is 3. The van der Waals surface area contributed by atoms with E-state index in [1.165, 1.54) is 18.3 Å². The fraction of sp³-hybridized carbons (Fsp3) is 0.400. The Morgan fingerprint density at radius 1 is 1.09 bits per heavy atom. The van der Waals surface area contributed by atoms with Crippen molar-refractivity contribution in [3.05, 3.63) is 58.7 Å². The molecule has 10 heteroatoms. The van der Waals surface area contributed by atoms with Crippen LogP contribution in [0.4, 0.5) is 17.6 Å². The van der Waals surface area contributed by atoms with Crippen molar-refractivity contribution >= 4 is 22.7 Å². The van der Waals surface area contributed by atoms with Crippen LogP contribution in [0.15, 0.2) is 30.5 Å². The Hall–Kier alpha value is -3.43. The number of carbonyl (C=O) groups is 1. The van der Waals surface area contributed by atoms with Crippen LogP contribution in [-0.4, -0.2) is 45.9 Å². The van der Waals surface area contributed by atoms with Crippen molar-refractivity contribution < 1.29 is 27.1 Å². The third-order valence-corrected chi connectivity index (χ3v) is 6.88. The minimum atomic E-state index is -4.79. The van der Waals surface area contributed by atoms with Gasteiger partial charge in [-0.15, -0.1) is 13.2 Å². The summed E-state index contributed by atoms with van der Waals surface area (Å²) in [6.45, 7) is 0.815. The first-order valence-corrected chi connectivity index (χ1v) is 11.6. The zero-order chi connectivity index (χ0) is 24.7. The van der Waals surface area contributed by atoms with E-state index in [0.717, 1.165) is 28.8 Å². The summed E-state index contributed by atoms with van der Waals surface area (Å²) in [7, 11) is 0. The van der Waals surface area contributed by atoms with Crippen LogP contribution in [0.3, 0.4) is 0 Å². The number of ether oxygens (including phenoxy) is 1. The van der Waals surface area contributed by atoms with Crippen LogP contribution >= 0.6 is 0 Å². The molecule has 35 heavy (non-hydrogen) atoms. The number of hydrogen-bond donors (Lipinski definition) is 2. The number of pyridine rings is 1. The molecule has 1 aliphatic heterocycles. The summed E-state index contributed by atoms with van der Waals surface area (Å²) in [5, 5.41) is 8.85. The summed E-state index contributed by atoms with van der Waals surface area (Å²) in [5.41, 5.74) is 4.32. The van der Waals surface area contributed by atoms with Crippen molar-refractivity contribution in [1.82, 2.24) is 14.9 Å². The monoisotopic (exact) mass is 488 g/mol. The largest absolute Gasteiger partial charge is 0.573 e. The molecule has 0 spiro atoms. The lowest BCUT2D eigenvalue weighted by Gasteiger charge is -2.33. The summed E-state index contributed by atoms with van der Waals surface area (Å²) in [6, 6.07) is 4.87. The van der Waals surface area contributed by atoms with E-state index >= 15 is 4.39 Å². The van der Waals surface area contributed by atoms with Crippen LogP contribution in [0, 0.1) is 11.2 Å². The lowest BCUT2D eigenvalue weighted by Crippen LogP contribution is -2.38. The van der Waals surface area contributed by atoms with E-state index in [-0.39, 0.29) is 29.0 Å². The Kier molecular flexibility index (Phi) is 5.98. The number of amides is 1. The average molecular weight is 488 g/mol. The Morgan fingerprint density at radius 2 is 1.77 bits per heavy atom. The van der Waals surface area contributed by atoms with E-state index in [9.17, 15) is 18.0 Å². The summed E-state index contributed by atoms with van der Waals surface area (Å²) < 4.78 is 56.1. The molecule has 5 rings (SSSR count). The number of aromatic nitrogens is 2. The first-order valence-electron chi connectivity index (χ1n) is 11.6. The fourth-order valence-electron chi connectivity index (χ4n) is 5.19. The molecule has 1 fully saturated rings. The van der Waals surface area contributed by atoms with Crippen LogP contribution in [0.2, 0.25) is 0 Å². The van der Waals surface area contributed by atoms with Gasteiger partial charge in [-0.3, -0.25) is 4.79 Å². The molecule has 2 aliphatic rings. The van der Waals surface area contributed by atoms with E-state index in [1.54, 1.807) is 4.90 Å². The molecule has 0 saturated carbocycles. The number of nitrogens with one attached hydrogen (secondary N) is 2. The highest BCUT2D eigenvalue weighted by atomic mass is 19.4. The van der Waals surface area contributed by atoms with E-state index in [1.807, 2.05) is 0 Å². The van der Waals surface area contributed by atoms with Gasteiger partial charge in [0.05, 0.1) is 6.20 Å². The molecule has 3 heterocycles. The van der Waals surface area contributed by atoms with E-state index in [4.69, 9.17) is 5.41 Å². The van der Waals surface area contributed by atoms with Gasteiger partial charge in [0.25, 0.3) is 5.91 Å². The smallest absolute Gasteiger partial charge is 0.406 e. The second kappa shape index (κ2) is 8.98. The molecule has 2 aromatic heterocycles. The molecule has 1 amide bonds. The fourth-order valence-corrected chi connectivity index (χ4v) is 5.19. The van der Waals surface area contributed by atoms with Crippen molar-refractivity contribution in [1.29, 1.82) is 5.41 Å². The lowest BCUT2D eigenvalue weighted by molar-refractivity contribution is -0.274. The van der Waals surface area contributed by atoms with Gasteiger partial charge in [0.1, 0.15) is 17.2 Å². The predicted molar refractivity (Wildman–Crippen MR) is 121 cm³/mol. The van der Waals surface area contributed by atoms with E-state index in [2.05, 4.69) is 14.7 Å². The predicted octanol–water partition coefficient (Wildman–Crippen LogP) is 5.52. The number of fused-ring (bicyclic) bond motifs is 3. The number of rotatable bonds is 3. The number of aryl methyl sites for hydroxylation is 2. The van der Waals surface area contributed by atoms with Crippen molar-refractivity contribution in [2.45, 2.75) is 50.8 Å². The number of carbonyl (C=O) groups excluding carboxylic acids is 1. The number of H-pyrrole nitrogens is 1. The zero-order valence-corrected chi connectivity index (χ0v) is 18.8. The zero-order valence-electron chi connectivity index (χ0n) is 18.8. The molecule has 1 aliphatic carbocycles. The van der Waals surface area contributed by atoms with Crippen molar-refractivity contribution in [2.75, 3.05) is 13.1 Å². The Bertz CT molecular complexity index is 1280. The minimum absolute atomic E-state index is 0.0882. The first-order chi connectivity index (χ1) is 16.7. The second-order valence-corrected chi connectivity index (χ2v) is 9.07. The molecule has 0 unspecified atom stereocenters. The Labute approximate surface area is 198 Å². The lowest BCUT2D eigenvalue weighted by atomic mass is 9.86. The molecule has 0 bridgehead atoms. The summed E-state index contributed by atoms with van der Waals surface area (Å²) in [5.74, 6) is -1.11. The van der Waals surface area contributed by atoms with Crippen LogP contribution in [0.1, 0.15) is 58.8 Å². The molecular formula is C25H24F4N4O2. The van der Waals surface area contributed by atoms with Crippen LogP contribution in [-0.2, 0) is 12.8 Å². The van der Waals surface area contributed by atoms with Gasteiger partial charge in [-0.05, 0) is 74.3 Å². The number of nitrogens with zero attached hydrogens (tertiary/aromatic N) is 2. The van der Waals surface area contributed by atoms with Gasteiger partial charge in [0.15, 0.2) is 0 Å². The number of aromatic amines is 1. The maximum Gasteiger partial charge on any atom is 0.573 e. The van der Waals surface area contributed by atoms with Gasteiger partial charge in [0.2, 0.25) is 0 Å². The van der Waals surface area contributed by atoms with E-state index in [0.29, 0.717) is 68.5 Å². The molecule has 6 nitrogen and oxygen atoms in total. The quantitative estimate of drug-likeness (QED) is 0.376. The van der Waals surface area contributed by atoms with Crippen molar-refractivity contribution in [3.63, 3.8) is 0 Å². The van der Waals surface area contributed by atoms with Gasteiger partial charge in [-0.25, -0.2) is 9.37 Å². The minimum Gasteiger partial charge on any atom is -0.406 e. The van der Waals surface area contributed by atoms with Crippen LogP contribution < -0.4 is 4.74 Å². The number of halogens is 4. The maximum absolute atomic E-state index is 15.1. The van der Waals surface area contributed by atoms with Gasteiger partial charge < -0.3 is 20.0 Å². The molecule has 0 atom stereocenters. The summed E-state index contributed by atoms with van der Waals surface area (Å²) in [6.07, 6.45) is 0.304. The maximum atomic E-state index is 15.1. The third-order valence-electron chi connectivity index (χ3n) is 6.88. The number of likely N-dealkylation sites (tertiary alicyclic amines) is 1. The molecule has 2 N–H and O–H groups in total. The third kappa shape index (κ3) is 4.74. The second-order valence-electron chi connectivity index (χ2n) is 9.07. The number of piperidine rings is 1. The Morgan fingerprint density at radius 3 is 2.46 bits per heavy atom. The average Bonchev–Trinajstić information content (AvgIpc) is 3.07. The molecular weight excluding hydrogens is 464 g/mol. The Balaban J connectivity index is 1.33. The number of hydrogen-bond acceptors (Lipinski definition) is 4. The standard InChI is InChI=1S/C25H24F4N4O2/c26-19-13-31-23-22(18-7-3-16(30)4-8-20(18)32-23)21(19)14-9-11-33(12-10-14)24(34)15-1-5-17(6-2-15)35-25(27,28)29/h1-2,5-6,13-14,30H,3-4,7-12H2,(H,31,32). The van der Waals surface area contributed by atoms with Gasteiger partial charge >= 0.3 is 6.36 Å². The number of benzene rings is 1. The summed E-state index contributed by atoms with van der Waals surface area (Å²) >= 11 is 0. The topological polar surface area (TPSA) is 82.1 Å². The van der Waals surface area contributed by atoms with E-state index < -0.39 is 6.36 Å². The molecule has 1 saturated heterocycles. The van der Waals surface area contributed by atoms with Crippen molar-refractivity contribution in [2.24, 2.45) is 0 Å². The van der Waals surface area contributed by atoms with Gasteiger partial charge in [-0.2, -0.15) is 0 Å². The first kappa shape index (κ1) is 23.3. The van der Waals surface area contributed by atoms with Gasteiger partial charge in [0, 0.05) is 41.0 Å². The SMILES string of the molecule is N=C1CCc2[nH]c3ncc(F)c(C4CCN(C(=O)c5ccc(OC(F)(F)F)cc5)CC4)c3c2CC1. The van der Waals surface area contributed by atoms with Gasteiger partial charge in [-0.1, -0.05) is 0 Å². The molecule has 3 aromatic rings. The van der Waals surface area contributed by atoms with Crippen LogP contribution in [0.25, 0.3) is 11.0 Å². The molecule has 0 radical (unpaired) electrons. The highest BCUT2D eigenvalue weighted by Gasteiger charge is 2.32. The highest BCUT2D eigenvalue weighted by molar-refractivity contribution is 5.94. The summed E-state index contributed by atoms with van der Waals surface area (Å²) in [4.78, 5) is 22.1. The molecule has 1 aromatic carbocycles. The molecule has 184 valence electrons.